The van der Waals surface area contributed by atoms with Crippen LogP contribution in [-0.4, -0.2) is 0 Å². The SMILES string of the molecule is CC=C(CCC=C(CCC=C(C)CCCCCCCCCC)CCCCCCCCCC)CCCCCCCCCC. The van der Waals surface area contributed by atoms with Crippen LogP contribution in [0.25, 0.3) is 0 Å². The summed E-state index contributed by atoms with van der Waals surface area (Å²) in [5, 5.41) is 0. The molecule has 0 aliphatic rings. The van der Waals surface area contributed by atoms with Crippen LogP contribution in [-0.2, 0) is 0 Å². The van der Waals surface area contributed by atoms with Gasteiger partial charge in [-0.25, -0.2) is 0 Å². The Balaban J connectivity index is 4.45. The van der Waals surface area contributed by atoms with Crippen molar-refractivity contribution in [1.29, 1.82) is 0 Å². The van der Waals surface area contributed by atoms with Crippen molar-refractivity contribution in [3.63, 3.8) is 0 Å². The van der Waals surface area contributed by atoms with Gasteiger partial charge in [-0.05, 0) is 78.1 Å². The van der Waals surface area contributed by atoms with E-state index in [2.05, 4.69) is 52.8 Å². The Morgan fingerprint density at radius 1 is 0.357 bits per heavy atom. The van der Waals surface area contributed by atoms with Crippen molar-refractivity contribution in [2.75, 3.05) is 0 Å². The van der Waals surface area contributed by atoms with Crippen LogP contribution < -0.4 is 0 Å². The fourth-order valence-corrected chi connectivity index (χ4v) is 6.32. The van der Waals surface area contributed by atoms with E-state index in [1.807, 2.05) is 0 Å². The quantitative estimate of drug-likeness (QED) is 0.0531. The molecule has 0 fully saturated rings. The number of hydrogen-bond donors (Lipinski definition) is 0. The Morgan fingerprint density at radius 3 is 1.12 bits per heavy atom. The molecule has 0 spiro atoms. The third-order valence-electron chi connectivity index (χ3n) is 9.39. The molecule has 0 aliphatic carbocycles. The van der Waals surface area contributed by atoms with Gasteiger partial charge in [0, 0.05) is 0 Å². The monoisotopic (exact) mass is 585 g/mol. The number of unbranched alkanes of at least 4 members (excludes halogenated alkanes) is 21. The van der Waals surface area contributed by atoms with Gasteiger partial charge in [0.15, 0.2) is 0 Å². The highest BCUT2D eigenvalue weighted by Gasteiger charge is 2.02. The van der Waals surface area contributed by atoms with Crippen LogP contribution in [0.5, 0.6) is 0 Å². The first-order valence-corrected chi connectivity index (χ1v) is 19.6. The summed E-state index contributed by atoms with van der Waals surface area (Å²) in [4.78, 5) is 0. The Morgan fingerprint density at radius 2 is 0.690 bits per heavy atom. The highest BCUT2D eigenvalue weighted by Crippen LogP contribution is 2.22. The molecule has 0 atom stereocenters. The van der Waals surface area contributed by atoms with Gasteiger partial charge in [0.25, 0.3) is 0 Å². The highest BCUT2D eigenvalue weighted by atomic mass is 14.1. The van der Waals surface area contributed by atoms with E-state index in [0.29, 0.717) is 0 Å². The molecule has 0 radical (unpaired) electrons. The van der Waals surface area contributed by atoms with Gasteiger partial charge in [-0.1, -0.05) is 191 Å². The summed E-state index contributed by atoms with van der Waals surface area (Å²) in [6.07, 6.45) is 50.8. The lowest BCUT2D eigenvalue weighted by atomic mass is 9.97. The third kappa shape index (κ3) is 30.7. The molecule has 0 nitrogen and oxygen atoms in total. The van der Waals surface area contributed by atoms with E-state index in [1.165, 1.54) is 199 Å². The average Bonchev–Trinajstić information content (AvgIpc) is 2.99. The fraction of sp³-hybridized carbons (Fsp3) is 0.857. The van der Waals surface area contributed by atoms with E-state index < -0.39 is 0 Å². The van der Waals surface area contributed by atoms with Crippen molar-refractivity contribution in [3.8, 4) is 0 Å². The predicted octanol–water partition coefficient (Wildman–Crippen LogP) is 16.0. The molecule has 0 heteroatoms. The highest BCUT2D eigenvalue weighted by molar-refractivity contribution is 5.08. The molecule has 0 aromatic rings. The van der Waals surface area contributed by atoms with E-state index in [4.69, 9.17) is 0 Å². The molecule has 0 aliphatic heterocycles. The van der Waals surface area contributed by atoms with Gasteiger partial charge in [0.05, 0.1) is 0 Å². The molecular weight excluding hydrogens is 504 g/mol. The summed E-state index contributed by atoms with van der Waals surface area (Å²) >= 11 is 0. The van der Waals surface area contributed by atoms with Crippen LogP contribution in [0.15, 0.2) is 34.9 Å². The standard InChI is InChI=1S/C42H80/c1-6-10-13-16-19-22-25-28-33-40(5)34-31-38-42(36-30-27-24-21-18-15-12-8-3)39-32-37-41(9-4)35-29-26-23-20-17-14-11-7-2/h9,34,39H,6-8,10-33,35-38H2,1-5H3. The molecule has 0 heterocycles. The predicted molar refractivity (Wildman–Crippen MR) is 196 cm³/mol. The lowest BCUT2D eigenvalue weighted by molar-refractivity contribution is 0.571. The summed E-state index contributed by atoms with van der Waals surface area (Å²) in [5.74, 6) is 0. The Kier molecular flexibility index (Phi) is 34.1. The van der Waals surface area contributed by atoms with E-state index in [-0.39, 0.29) is 0 Å². The van der Waals surface area contributed by atoms with Crippen molar-refractivity contribution in [2.24, 2.45) is 0 Å². The first-order chi connectivity index (χ1) is 20.7. The van der Waals surface area contributed by atoms with Gasteiger partial charge in [0.1, 0.15) is 0 Å². The average molecular weight is 585 g/mol. The van der Waals surface area contributed by atoms with Crippen molar-refractivity contribution in [1.82, 2.24) is 0 Å². The molecule has 42 heavy (non-hydrogen) atoms. The van der Waals surface area contributed by atoms with Crippen LogP contribution in [0.3, 0.4) is 0 Å². The summed E-state index contributed by atoms with van der Waals surface area (Å²) in [6.45, 7) is 11.6. The van der Waals surface area contributed by atoms with Crippen molar-refractivity contribution >= 4 is 0 Å². The molecule has 0 unspecified atom stereocenters. The smallest absolute Gasteiger partial charge is 0.0285 e. The minimum atomic E-state index is 1.25. The van der Waals surface area contributed by atoms with Gasteiger partial charge in [-0.2, -0.15) is 0 Å². The molecule has 0 rings (SSSR count). The first kappa shape index (κ1) is 41.2. The van der Waals surface area contributed by atoms with Gasteiger partial charge in [-0.15, -0.1) is 0 Å². The summed E-state index contributed by atoms with van der Waals surface area (Å²) in [5.41, 5.74) is 5.08. The molecule has 0 saturated carbocycles. The molecule has 0 amide bonds. The second-order valence-electron chi connectivity index (χ2n) is 13.6. The minimum Gasteiger partial charge on any atom is -0.0884 e. The molecular formula is C42H80. The van der Waals surface area contributed by atoms with Crippen LogP contribution >= 0.6 is 0 Å². The number of hydrogen-bond acceptors (Lipinski definition) is 0. The van der Waals surface area contributed by atoms with Crippen LogP contribution in [0.2, 0.25) is 0 Å². The minimum absolute atomic E-state index is 1.25. The number of rotatable bonds is 33. The second-order valence-corrected chi connectivity index (χ2v) is 13.6. The third-order valence-corrected chi connectivity index (χ3v) is 9.39. The van der Waals surface area contributed by atoms with Gasteiger partial charge < -0.3 is 0 Å². The Hall–Kier alpha value is -0.780. The zero-order valence-corrected chi connectivity index (χ0v) is 30.2. The fourth-order valence-electron chi connectivity index (χ4n) is 6.32. The van der Waals surface area contributed by atoms with Crippen molar-refractivity contribution in [3.05, 3.63) is 34.9 Å². The Labute approximate surface area is 268 Å². The normalized spacial score (nSPS) is 12.9. The van der Waals surface area contributed by atoms with Crippen molar-refractivity contribution in [2.45, 2.75) is 234 Å². The second kappa shape index (κ2) is 34.7. The lowest BCUT2D eigenvalue weighted by Gasteiger charge is -2.10. The van der Waals surface area contributed by atoms with E-state index in [1.54, 1.807) is 16.7 Å². The zero-order valence-electron chi connectivity index (χ0n) is 30.2. The maximum Gasteiger partial charge on any atom is -0.0285 e. The van der Waals surface area contributed by atoms with Crippen LogP contribution in [0.4, 0.5) is 0 Å². The van der Waals surface area contributed by atoms with E-state index in [0.717, 1.165) is 0 Å². The molecule has 248 valence electrons. The van der Waals surface area contributed by atoms with E-state index in [9.17, 15) is 0 Å². The maximum absolute atomic E-state index is 2.65. The largest absolute Gasteiger partial charge is 0.0884 e. The van der Waals surface area contributed by atoms with Crippen LogP contribution in [0.1, 0.15) is 234 Å². The molecule has 0 aromatic heterocycles. The van der Waals surface area contributed by atoms with Gasteiger partial charge in [-0.3, -0.25) is 0 Å². The zero-order chi connectivity index (χ0) is 30.8. The summed E-state index contributed by atoms with van der Waals surface area (Å²) < 4.78 is 0. The maximum atomic E-state index is 2.65. The lowest BCUT2D eigenvalue weighted by Crippen LogP contribution is -1.90. The topological polar surface area (TPSA) is 0 Å². The van der Waals surface area contributed by atoms with Crippen molar-refractivity contribution < 1.29 is 0 Å². The molecule has 0 bridgehead atoms. The number of allylic oxidation sites excluding steroid dienone is 6. The first-order valence-electron chi connectivity index (χ1n) is 19.6. The Bertz CT molecular complexity index is 618. The molecule has 0 N–H and O–H groups in total. The van der Waals surface area contributed by atoms with Crippen LogP contribution in [0, 0.1) is 0 Å². The summed E-state index contributed by atoms with van der Waals surface area (Å²) in [7, 11) is 0. The summed E-state index contributed by atoms with van der Waals surface area (Å²) in [6, 6.07) is 0. The molecule has 0 saturated heterocycles. The molecule has 0 aromatic carbocycles. The van der Waals surface area contributed by atoms with Gasteiger partial charge in [0.2, 0.25) is 0 Å². The van der Waals surface area contributed by atoms with Gasteiger partial charge >= 0.3 is 0 Å². The van der Waals surface area contributed by atoms with E-state index >= 15 is 0 Å².